The number of carbonyl (C=O) groups excluding carboxylic acids is 1. The highest BCUT2D eigenvalue weighted by molar-refractivity contribution is 9.11. The summed E-state index contributed by atoms with van der Waals surface area (Å²) in [6.07, 6.45) is 1.67. The Morgan fingerprint density at radius 1 is 1.67 bits per heavy atom. The van der Waals surface area contributed by atoms with Gasteiger partial charge in [0.25, 0.3) is 0 Å². The van der Waals surface area contributed by atoms with Crippen LogP contribution in [-0.4, -0.2) is 28.8 Å². The monoisotopic (exact) mass is 291 g/mol. The molecule has 0 bridgehead atoms. The van der Waals surface area contributed by atoms with Crippen molar-refractivity contribution < 1.29 is 9.53 Å². The Kier molecular flexibility index (Phi) is 3.03. The molecule has 1 aliphatic carbocycles. The van der Waals surface area contributed by atoms with Crippen LogP contribution in [0.5, 0.6) is 0 Å². The second-order valence-electron chi connectivity index (χ2n) is 3.38. The normalized spacial score (nSPS) is 17.5. The molecule has 5 nitrogen and oxygen atoms in total. The summed E-state index contributed by atoms with van der Waals surface area (Å²) in [5, 5.41) is 11.8. The quantitative estimate of drug-likeness (QED) is 0.842. The highest BCUT2D eigenvalue weighted by Gasteiger charge is 2.50. The van der Waals surface area contributed by atoms with E-state index in [2.05, 4.69) is 31.4 Å². The van der Waals surface area contributed by atoms with Gasteiger partial charge in [-0.1, -0.05) is 11.3 Å². The van der Waals surface area contributed by atoms with E-state index in [4.69, 9.17) is 4.74 Å². The van der Waals surface area contributed by atoms with Gasteiger partial charge in [0.15, 0.2) is 3.92 Å². The third-order valence-electron chi connectivity index (χ3n) is 2.35. The van der Waals surface area contributed by atoms with Crippen molar-refractivity contribution in [3.63, 3.8) is 0 Å². The molecule has 1 saturated carbocycles. The summed E-state index contributed by atoms with van der Waals surface area (Å²) in [7, 11) is 1.41. The van der Waals surface area contributed by atoms with Crippen LogP contribution in [-0.2, 0) is 16.1 Å². The van der Waals surface area contributed by atoms with Gasteiger partial charge in [-0.2, -0.15) is 0 Å². The number of hydrogen-bond donors (Lipinski definition) is 1. The molecule has 0 aliphatic heterocycles. The van der Waals surface area contributed by atoms with Crippen molar-refractivity contribution in [3.8, 4) is 0 Å². The van der Waals surface area contributed by atoms with Gasteiger partial charge in [0.2, 0.25) is 0 Å². The van der Waals surface area contributed by atoms with Gasteiger partial charge in [-0.25, -0.2) is 0 Å². The predicted molar refractivity (Wildman–Crippen MR) is 58.4 cm³/mol. The molecule has 0 spiro atoms. The van der Waals surface area contributed by atoms with Crippen LogP contribution < -0.4 is 5.32 Å². The van der Waals surface area contributed by atoms with Gasteiger partial charge in [0.1, 0.15) is 10.5 Å². The molecule has 15 heavy (non-hydrogen) atoms. The predicted octanol–water partition coefficient (Wildman–Crippen LogP) is 1.10. The topological polar surface area (TPSA) is 64.1 Å². The number of aromatic nitrogens is 2. The Morgan fingerprint density at radius 3 is 2.87 bits per heavy atom. The summed E-state index contributed by atoms with van der Waals surface area (Å²) in [5.74, 6) is -0.189. The number of hydrogen-bond acceptors (Lipinski definition) is 6. The molecule has 1 N–H and O–H groups in total. The van der Waals surface area contributed by atoms with E-state index >= 15 is 0 Å². The Balaban J connectivity index is 1.91. The van der Waals surface area contributed by atoms with Crippen molar-refractivity contribution in [2.75, 3.05) is 7.11 Å². The molecule has 0 saturated heterocycles. The van der Waals surface area contributed by atoms with Gasteiger partial charge in [0, 0.05) is 0 Å². The van der Waals surface area contributed by atoms with Crippen LogP contribution in [0.2, 0.25) is 0 Å². The summed E-state index contributed by atoms with van der Waals surface area (Å²) in [6, 6.07) is 0. The number of nitrogens with zero attached hydrogens (tertiary/aromatic N) is 2. The summed E-state index contributed by atoms with van der Waals surface area (Å²) in [4.78, 5) is 11.4. The molecule has 0 radical (unpaired) electrons. The summed E-state index contributed by atoms with van der Waals surface area (Å²) >= 11 is 4.69. The Bertz CT molecular complexity index is 378. The second kappa shape index (κ2) is 4.15. The fourth-order valence-corrected chi connectivity index (χ4v) is 2.46. The maximum atomic E-state index is 11.4. The molecule has 7 heteroatoms. The summed E-state index contributed by atoms with van der Waals surface area (Å²) in [5.41, 5.74) is -0.465. The minimum absolute atomic E-state index is 0.189. The molecule has 0 aromatic carbocycles. The smallest absolute Gasteiger partial charge is 0.326 e. The number of ether oxygens (including phenoxy) is 1. The van der Waals surface area contributed by atoms with Crippen LogP contribution in [0.4, 0.5) is 0 Å². The molecule has 82 valence electrons. The van der Waals surface area contributed by atoms with Crippen LogP contribution in [0.3, 0.4) is 0 Å². The zero-order chi connectivity index (χ0) is 10.9. The van der Waals surface area contributed by atoms with Gasteiger partial charge in [0.05, 0.1) is 13.7 Å². The lowest BCUT2D eigenvalue weighted by Gasteiger charge is -2.12. The molecule has 0 unspecified atom stereocenters. The first-order chi connectivity index (χ1) is 7.16. The van der Waals surface area contributed by atoms with Crippen LogP contribution in [0.1, 0.15) is 17.8 Å². The minimum Gasteiger partial charge on any atom is -0.468 e. The SMILES string of the molecule is COC(=O)C1(NCc2nnc(Br)s2)CC1. The van der Waals surface area contributed by atoms with E-state index in [1.54, 1.807) is 0 Å². The molecule has 1 heterocycles. The molecule has 0 atom stereocenters. The third-order valence-corrected chi connectivity index (χ3v) is 3.70. The third kappa shape index (κ3) is 2.35. The van der Waals surface area contributed by atoms with Crippen molar-refractivity contribution in [3.05, 3.63) is 8.92 Å². The maximum Gasteiger partial charge on any atom is 0.326 e. The molecule has 1 aromatic heterocycles. The van der Waals surface area contributed by atoms with Crippen LogP contribution in [0.25, 0.3) is 0 Å². The van der Waals surface area contributed by atoms with E-state index in [-0.39, 0.29) is 5.97 Å². The van der Waals surface area contributed by atoms with Crippen molar-refractivity contribution in [1.82, 2.24) is 15.5 Å². The van der Waals surface area contributed by atoms with Gasteiger partial charge >= 0.3 is 5.97 Å². The number of carbonyl (C=O) groups is 1. The number of nitrogens with one attached hydrogen (secondary N) is 1. The summed E-state index contributed by atoms with van der Waals surface area (Å²) < 4.78 is 5.48. The van der Waals surface area contributed by atoms with E-state index in [1.165, 1.54) is 18.4 Å². The second-order valence-corrected chi connectivity index (χ2v) is 5.71. The van der Waals surface area contributed by atoms with Gasteiger partial charge < -0.3 is 4.74 Å². The minimum atomic E-state index is -0.465. The van der Waals surface area contributed by atoms with Crippen molar-refractivity contribution >= 4 is 33.2 Å². The number of halogens is 1. The Hall–Kier alpha value is -0.530. The average Bonchev–Trinajstić information content (AvgIpc) is 2.93. The van der Waals surface area contributed by atoms with E-state index < -0.39 is 5.54 Å². The highest BCUT2D eigenvalue weighted by atomic mass is 79.9. The first-order valence-corrected chi connectivity index (χ1v) is 6.08. The van der Waals surface area contributed by atoms with Crippen molar-refractivity contribution in [2.24, 2.45) is 0 Å². The number of esters is 1. The molecular weight excluding hydrogens is 282 g/mol. The summed E-state index contributed by atoms with van der Waals surface area (Å²) in [6.45, 7) is 0.554. The van der Waals surface area contributed by atoms with E-state index in [0.29, 0.717) is 6.54 Å². The van der Waals surface area contributed by atoms with Crippen LogP contribution in [0, 0.1) is 0 Å². The van der Waals surface area contributed by atoms with Gasteiger partial charge in [-0.3, -0.25) is 10.1 Å². The molecule has 1 fully saturated rings. The maximum absolute atomic E-state index is 11.4. The fraction of sp³-hybridized carbons (Fsp3) is 0.625. The fourth-order valence-electron chi connectivity index (χ4n) is 1.32. The molecule has 1 aromatic rings. The Labute approximate surface area is 99.4 Å². The molecular formula is C8H10BrN3O2S. The van der Waals surface area contributed by atoms with Crippen LogP contribution >= 0.6 is 27.3 Å². The molecule has 2 rings (SSSR count). The molecule has 1 aliphatic rings. The highest BCUT2D eigenvalue weighted by Crippen LogP contribution is 2.36. The first kappa shape index (κ1) is 11.0. The van der Waals surface area contributed by atoms with Crippen LogP contribution in [0.15, 0.2) is 3.92 Å². The van der Waals surface area contributed by atoms with Gasteiger partial charge in [-0.05, 0) is 28.8 Å². The first-order valence-electron chi connectivity index (χ1n) is 4.48. The lowest BCUT2D eigenvalue weighted by molar-refractivity contribution is -0.144. The number of methoxy groups -OCH3 is 1. The zero-order valence-electron chi connectivity index (χ0n) is 8.12. The standard InChI is InChI=1S/C8H10BrN3O2S/c1-14-6(13)8(2-3-8)10-4-5-11-12-7(9)15-5/h10H,2-4H2,1H3. The lowest BCUT2D eigenvalue weighted by Crippen LogP contribution is -2.39. The van der Waals surface area contributed by atoms with E-state index in [9.17, 15) is 4.79 Å². The van der Waals surface area contributed by atoms with Crippen molar-refractivity contribution in [1.29, 1.82) is 0 Å². The zero-order valence-corrected chi connectivity index (χ0v) is 10.5. The van der Waals surface area contributed by atoms with E-state index in [1.807, 2.05) is 0 Å². The van der Waals surface area contributed by atoms with E-state index in [0.717, 1.165) is 21.8 Å². The average molecular weight is 292 g/mol. The van der Waals surface area contributed by atoms with Gasteiger partial charge in [-0.15, -0.1) is 10.2 Å². The van der Waals surface area contributed by atoms with Crippen molar-refractivity contribution in [2.45, 2.75) is 24.9 Å². The Morgan fingerprint density at radius 2 is 2.40 bits per heavy atom. The molecule has 0 amide bonds. The lowest BCUT2D eigenvalue weighted by atomic mass is 10.3. The number of rotatable bonds is 4. The largest absolute Gasteiger partial charge is 0.468 e.